The van der Waals surface area contributed by atoms with Crippen molar-refractivity contribution in [1.82, 2.24) is 9.80 Å². The molecule has 138 valence electrons. The molecule has 0 saturated carbocycles. The minimum Gasteiger partial charge on any atom is -0.486 e. The maximum atomic E-state index is 12.6. The van der Waals surface area contributed by atoms with Gasteiger partial charge < -0.3 is 19.7 Å². The first kappa shape index (κ1) is 17.5. The van der Waals surface area contributed by atoms with Gasteiger partial charge in [0.25, 0.3) is 0 Å². The van der Waals surface area contributed by atoms with E-state index in [1.54, 1.807) is 23.5 Å². The van der Waals surface area contributed by atoms with Gasteiger partial charge in [0.05, 0.1) is 10.7 Å². The lowest BCUT2D eigenvalue weighted by molar-refractivity contribution is 0.143. The number of urea groups is 1. The van der Waals surface area contributed by atoms with E-state index in [0.717, 1.165) is 19.6 Å². The molecule has 2 aliphatic rings. The first-order chi connectivity index (χ1) is 12.7. The Morgan fingerprint density at radius 2 is 1.88 bits per heavy atom. The van der Waals surface area contributed by atoms with Crippen molar-refractivity contribution in [3.8, 4) is 11.5 Å². The Morgan fingerprint density at radius 3 is 2.58 bits per heavy atom. The Bertz CT molecular complexity index is 776. The number of anilines is 1. The smallest absolute Gasteiger partial charge is 0.321 e. The van der Waals surface area contributed by atoms with Crippen LogP contribution in [0.15, 0.2) is 29.0 Å². The monoisotopic (exact) mass is 393 g/mol. The molecule has 1 aromatic carbocycles. The van der Waals surface area contributed by atoms with Crippen molar-refractivity contribution in [2.75, 3.05) is 44.7 Å². The van der Waals surface area contributed by atoms with Crippen LogP contribution in [-0.4, -0.2) is 55.2 Å². The number of amides is 2. The van der Waals surface area contributed by atoms with Gasteiger partial charge in [-0.2, -0.15) is 11.3 Å². The fraction of sp³-hybridized carbons (Fsp3) is 0.389. The molecule has 0 radical (unpaired) electrons. The molecule has 2 aliphatic heterocycles. The van der Waals surface area contributed by atoms with Gasteiger partial charge in [-0.1, -0.05) is 11.6 Å². The number of piperazine rings is 1. The minimum absolute atomic E-state index is 0.140. The van der Waals surface area contributed by atoms with Crippen LogP contribution in [-0.2, 0) is 6.54 Å². The van der Waals surface area contributed by atoms with Gasteiger partial charge in [0.1, 0.15) is 13.2 Å². The Hall–Kier alpha value is -1.96. The number of nitrogens with one attached hydrogen (secondary N) is 1. The molecule has 0 aliphatic carbocycles. The average molecular weight is 394 g/mol. The van der Waals surface area contributed by atoms with Crippen LogP contribution in [0.2, 0.25) is 5.02 Å². The zero-order valence-corrected chi connectivity index (χ0v) is 15.8. The number of benzene rings is 1. The molecule has 8 heteroatoms. The van der Waals surface area contributed by atoms with E-state index < -0.39 is 0 Å². The molecule has 2 amide bonds. The number of nitrogens with zero attached hydrogens (tertiary/aromatic N) is 2. The highest BCUT2D eigenvalue weighted by molar-refractivity contribution is 7.07. The van der Waals surface area contributed by atoms with Crippen molar-refractivity contribution < 1.29 is 14.3 Å². The summed E-state index contributed by atoms with van der Waals surface area (Å²) in [7, 11) is 0. The maximum absolute atomic E-state index is 12.6. The third-order valence-corrected chi connectivity index (χ3v) is 5.56. The van der Waals surface area contributed by atoms with Gasteiger partial charge in [0.2, 0.25) is 0 Å². The Labute approximate surface area is 161 Å². The summed E-state index contributed by atoms with van der Waals surface area (Å²) in [5.74, 6) is 1.22. The molecule has 1 fully saturated rings. The van der Waals surface area contributed by atoms with Crippen LogP contribution >= 0.6 is 22.9 Å². The van der Waals surface area contributed by atoms with Crippen molar-refractivity contribution >= 4 is 34.7 Å². The van der Waals surface area contributed by atoms with Crippen molar-refractivity contribution in [2.45, 2.75) is 6.54 Å². The lowest BCUT2D eigenvalue weighted by Crippen LogP contribution is -2.49. The fourth-order valence-corrected chi connectivity index (χ4v) is 3.96. The molecule has 6 nitrogen and oxygen atoms in total. The SMILES string of the molecule is O=C(Nc1cc2c(cc1Cl)OCCO2)N1CCN(Cc2ccsc2)CC1. The van der Waals surface area contributed by atoms with Crippen LogP contribution in [0.25, 0.3) is 0 Å². The second kappa shape index (κ2) is 7.73. The van der Waals surface area contributed by atoms with E-state index in [0.29, 0.717) is 48.5 Å². The Kier molecular flexibility index (Phi) is 5.19. The van der Waals surface area contributed by atoms with Gasteiger partial charge >= 0.3 is 6.03 Å². The van der Waals surface area contributed by atoms with E-state index in [2.05, 4.69) is 27.0 Å². The van der Waals surface area contributed by atoms with E-state index in [-0.39, 0.29) is 6.03 Å². The molecular formula is C18H20ClN3O3S. The molecule has 1 N–H and O–H groups in total. The summed E-state index contributed by atoms with van der Waals surface area (Å²) < 4.78 is 11.1. The summed E-state index contributed by atoms with van der Waals surface area (Å²) in [5, 5.41) is 7.60. The number of fused-ring (bicyclic) bond motifs is 1. The maximum Gasteiger partial charge on any atom is 0.321 e. The molecule has 4 rings (SSSR count). The van der Waals surface area contributed by atoms with E-state index in [9.17, 15) is 4.79 Å². The Balaban J connectivity index is 1.34. The summed E-state index contributed by atoms with van der Waals surface area (Å²) in [6.07, 6.45) is 0. The second-order valence-corrected chi connectivity index (χ2v) is 7.49. The zero-order valence-electron chi connectivity index (χ0n) is 14.2. The lowest BCUT2D eigenvalue weighted by Gasteiger charge is -2.34. The third kappa shape index (κ3) is 3.90. The summed E-state index contributed by atoms with van der Waals surface area (Å²) in [6, 6.07) is 5.42. The number of rotatable bonds is 3. The standard InChI is InChI=1S/C18H20ClN3O3S/c19-14-9-16-17(25-7-6-24-16)10-15(14)20-18(23)22-4-2-21(3-5-22)11-13-1-8-26-12-13/h1,8-10,12H,2-7,11H2,(H,20,23). The van der Waals surface area contributed by atoms with Crippen LogP contribution in [0.3, 0.4) is 0 Å². The highest BCUT2D eigenvalue weighted by Gasteiger charge is 2.23. The summed E-state index contributed by atoms with van der Waals surface area (Å²) in [4.78, 5) is 16.8. The van der Waals surface area contributed by atoms with E-state index >= 15 is 0 Å². The zero-order chi connectivity index (χ0) is 17.9. The minimum atomic E-state index is -0.140. The molecule has 2 aromatic rings. The largest absolute Gasteiger partial charge is 0.486 e. The van der Waals surface area contributed by atoms with Gasteiger partial charge in [-0.05, 0) is 22.4 Å². The highest BCUT2D eigenvalue weighted by atomic mass is 35.5. The number of hydrogen-bond donors (Lipinski definition) is 1. The molecule has 26 heavy (non-hydrogen) atoms. The quantitative estimate of drug-likeness (QED) is 0.866. The number of carbonyl (C=O) groups excluding carboxylic acids is 1. The van der Waals surface area contributed by atoms with Crippen molar-refractivity contribution in [3.63, 3.8) is 0 Å². The topological polar surface area (TPSA) is 54.0 Å². The predicted octanol–water partition coefficient (Wildman–Crippen LogP) is 3.52. The first-order valence-corrected chi connectivity index (χ1v) is 9.89. The average Bonchev–Trinajstić information content (AvgIpc) is 3.16. The fourth-order valence-electron chi connectivity index (χ4n) is 3.10. The van der Waals surface area contributed by atoms with Gasteiger partial charge in [-0.25, -0.2) is 4.79 Å². The van der Waals surface area contributed by atoms with Crippen molar-refractivity contribution in [1.29, 1.82) is 0 Å². The normalized spacial score (nSPS) is 17.2. The highest BCUT2D eigenvalue weighted by Crippen LogP contribution is 2.38. The number of halogens is 1. The number of hydrogen-bond acceptors (Lipinski definition) is 5. The number of carbonyl (C=O) groups is 1. The summed E-state index contributed by atoms with van der Waals surface area (Å²) in [6.45, 7) is 5.04. The first-order valence-electron chi connectivity index (χ1n) is 8.57. The van der Waals surface area contributed by atoms with Crippen LogP contribution < -0.4 is 14.8 Å². The molecule has 0 atom stereocenters. The molecule has 0 bridgehead atoms. The molecule has 0 spiro atoms. The molecular weight excluding hydrogens is 374 g/mol. The number of ether oxygens (including phenoxy) is 2. The van der Waals surface area contributed by atoms with Crippen LogP contribution in [0.5, 0.6) is 11.5 Å². The van der Waals surface area contributed by atoms with Crippen molar-refractivity contribution in [3.05, 3.63) is 39.5 Å². The van der Waals surface area contributed by atoms with Crippen molar-refractivity contribution in [2.24, 2.45) is 0 Å². The van der Waals surface area contributed by atoms with E-state index in [4.69, 9.17) is 21.1 Å². The molecule has 3 heterocycles. The molecule has 0 unspecified atom stereocenters. The van der Waals surface area contributed by atoms with Crippen LogP contribution in [0.1, 0.15) is 5.56 Å². The van der Waals surface area contributed by atoms with Gasteiger partial charge in [0.15, 0.2) is 11.5 Å². The van der Waals surface area contributed by atoms with E-state index in [1.807, 2.05) is 4.90 Å². The van der Waals surface area contributed by atoms with Gasteiger partial charge in [0, 0.05) is 44.9 Å². The summed E-state index contributed by atoms with van der Waals surface area (Å²) in [5.41, 5.74) is 1.87. The molecule has 1 saturated heterocycles. The van der Waals surface area contributed by atoms with Crippen LogP contribution in [0.4, 0.5) is 10.5 Å². The number of thiophene rings is 1. The van der Waals surface area contributed by atoms with E-state index in [1.165, 1.54) is 5.56 Å². The van der Waals surface area contributed by atoms with Gasteiger partial charge in [-0.3, -0.25) is 4.90 Å². The third-order valence-electron chi connectivity index (χ3n) is 4.52. The predicted molar refractivity (Wildman–Crippen MR) is 103 cm³/mol. The van der Waals surface area contributed by atoms with Gasteiger partial charge in [-0.15, -0.1) is 0 Å². The van der Waals surface area contributed by atoms with Crippen LogP contribution in [0, 0.1) is 0 Å². The molecule has 1 aromatic heterocycles. The summed E-state index contributed by atoms with van der Waals surface area (Å²) >= 11 is 7.98. The Morgan fingerprint density at radius 1 is 1.15 bits per heavy atom. The lowest BCUT2D eigenvalue weighted by atomic mass is 10.2. The second-order valence-electron chi connectivity index (χ2n) is 6.30.